The van der Waals surface area contributed by atoms with E-state index in [0.717, 1.165) is 5.56 Å². The highest BCUT2D eigenvalue weighted by molar-refractivity contribution is 7.21. The number of amides is 2. The average Bonchev–Trinajstić information content (AvgIpc) is 3.21. The fraction of sp³-hybridized carbons (Fsp3) is 0.200. The third-order valence-electron chi connectivity index (χ3n) is 4.77. The summed E-state index contributed by atoms with van der Waals surface area (Å²) in [6.07, 6.45) is 0.371. The quantitative estimate of drug-likeness (QED) is 0.751. The van der Waals surface area contributed by atoms with Crippen molar-refractivity contribution in [2.75, 3.05) is 12.0 Å². The van der Waals surface area contributed by atoms with Crippen molar-refractivity contribution in [1.29, 1.82) is 0 Å². The molecule has 0 aliphatic carbocycles. The van der Waals surface area contributed by atoms with Gasteiger partial charge in [-0.25, -0.2) is 4.39 Å². The van der Waals surface area contributed by atoms with Crippen LogP contribution in [-0.4, -0.2) is 25.0 Å². The smallest absolute Gasteiger partial charge is 0.269 e. The number of para-hydroxylation sites is 1. The lowest BCUT2D eigenvalue weighted by molar-refractivity contribution is -0.119. The molecule has 3 aromatic rings. The number of ether oxygens (including phenoxy) is 1. The largest absolute Gasteiger partial charge is 0.380 e. The Morgan fingerprint density at radius 1 is 1.26 bits per heavy atom. The zero-order chi connectivity index (χ0) is 19.1. The fourth-order valence-electron chi connectivity index (χ4n) is 3.60. The van der Waals surface area contributed by atoms with Gasteiger partial charge in [0.1, 0.15) is 11.9 Å². The minimum absolute atomic E-state index is 0.0960. The first-order chi connectivity index (χ1) is 13.0. The summed E-state index contributed by atoms with van der Waals surface area (Å²) in [5.74, 6) is -1.33. The van der Waals surface area contributed by atoms with Gasteiger partial charge in [0.25, 0.3) is 5.91 Å². The summed E-state index contributed by atoms with van der Waals surface area (Å²) in [6, 6.07) is 11.3. The summed E-state index contributed by atoms with van der Waals surface area (Å²) in [5.41, 5.74) is 7.60. The molecule has 7 heteroatoms. The fourth-order valence-corrected chi connectivity index (χ4v) is 4.76. The number of benzene rings is 2. The second-order valence-corrected chi connectivity index (χ2v) is 7.43. The minimum atomic E-state index is -0.764. The molecular weight excluding hydrogens is 367 g/mol. The van der Waals surface area contributed by atoms with Crippen molar-refractivity contribution >= 4 is 38.9 Å². The zero-order valence-electron chi connectivity index (χ0n) is 14.6. The number of carbonyl (C=O) groups excluding carboxylic acids is 2. The zero-order valence-corrected chi connectivity index (χ0v) is 15.4. The Hall–Kier alpha value is -2.77. The van der Waals surface area contributed by atoms with Crippen LogP contribution in [0.4, 0.5) is 10.1 Å². The summed E-state index contributed by atoms with van der Waals surface area (Å²) in [7, 11) is 1.50. The predicted molar refractivity (Wildman–Crippen MR) is 102 cm³/mol. The van der Waals surface area contributed by atoms with Crippen LogP contribution in [0.5, 0.6) is 0 Å². The average molecular weight is 384 g/mol. The number of methoxy groups -OCH3 is 1. The molecule has 0 unspecified atom stereocenters. The molecule has 1 aliphatic rings. The Morgan fingerprint density at radius 3 is 2.78 bits per heavy atom. The van der Waals surface area contributed by atoms with Gasteiger partial charge in [0, 0.05) is 34.9 Å². The molecule has 0 bridgehead atoms. The van der Waals surface area contributed by atoms with E-state index in [4.69, 9.17) is 10.5 Å². The van der Waals surface area contributed by atoms with Gasteiger partial charge >= 0.3 is 0 Å². The van der Waals surface area contributed by atoms with E-state index in [1.165, 1.54) is 29.4 Å². The van der Waals surface area contributed by atoms with Crippen LogP contribution >= 0.6 is 11.3 Å². The lowest BCUT2D eigenvalue weighted by atomic mass is 10.1. The van der Waals surface area contributed by atoms with Gasteiger partial charge in [0.15, 0.2) is 0 Å². The number of nitrogens with zero attached hydrogens (tertiary/aromatic N) is 1. The van der Waals surface area contributed by atoms with E-state index in [1.807, 2.05) is 18.2 Å². The summed E-state index contributed by atoms with van der Waals surface area (Å²) < 4.78 is 20.3. The molecule has 2 heterocycles. The van der Waals surface area contributed by atoms with Gasteiger partial charge in [0.2, 0.25) is 5.91 Å². The number of nitrogens with two attached hydrogens (primary N) is 1. The molecule has 0 fully saturated rings. The van der Waals surface area contributed by atoms with E-state index >= 15 is 0 Å². The number of fused-ring (bicyclic) bond motifs is 2. The molecule has 1 atom stereocenters. The lowest BCUT2D eigenvalue weighted by Gasteiger charge is -2.23. The molecule has 0 saturated carbocycles. The topological polar surface area (TPSA) is 72.6 Å². The molecule has 4 rings (SSSR count). The van der Waals surface area contributed by atoms with Crippen LogP contribution in [0.25, 0.3) is 10.1 Å². The van der Waals surface area contributed by atoms with E-state index in [2.05, 4.69) is 0 Å². The number of hydrogen-bond donors (Lipinski definition) is 1. The molecule has 0 spiro atoms. The van der Waals surface area contributed by atoms with Gasteiger partial charge < -0.3 is 10.5 Å². The SMILES string of the molecule is COCc1c(C(=O)N2c3ccccc3C[C@H]2C(N)=O)sc2cccc(F)c12. The third-order valence-corrected chi connectivity index (χ3v) is 5.95. The molecule has 1 aromatic heterocycles. The molecule has 138 valence electrons. The van der Waals surface area contributed by atoms with E-state index in [1.54, 1.807) is 18.2 Å². The van der Waals surface area contributed by atoms with Crippen molar-refractivity contribution in [2.24, 2.45) is 5.73 Å². The lowest BCUT2D eigenvalue weighted by Crippen LogP contribution is -2.46. The Labute approximate surface area is 159 Å². The van der Waals surface area contributed by atoms with E-state index < -0.39 is 17.8 Å². The second-order valence-electron chi connectivity index (χ2n) is 6.38. The summed E-state index contributed by atoms with van der Waals surface area (Å²) in [6.45, 7) is 0.0960. The number of rotatable bonds is 4. The van der Waals surface area contributed by atoms with Crippen molar-refractivity contribution < 1.29 is 18.7 Å². The van der Waals surface area contributed by atoms with Crippen LogP contribution in [0.15, 0.2) is 42.5 Å². The molecule has 0 radical (unpaired) electrons. The number of carbonyl (C=O) groups is 2. The normalized spacial score (nSPS) is 15.9. The Balaban J connectivity index is 1.88. The summed E-state index contributed by atoms with van der Waals surface area (Å²) >= 11 is 1.20. The molecule has 5 nitrogen and oxygen atoms in total. The van der Waals surface area contributed by atoms with Crippen LogP contribution in [0, 0.1) is 5.82 Å². The van der Waals surface area contributed by atoms with Gasteiger partial charge in [0.05, 0.1) is 11.5 Å². The van der Waals surface area contributed by atoms with Crippen molar-refractivity contribution in [2.45, 2.75) is 19.1 Å². The summed E-state index contributed by atoms with van der Waals surface area (Å²) in [4.78, 5) is 27.2. The number of primary amides is 1. The van der Waals surface area contributed by atoms with Gasteiger partial charge in [-0.3, -0.25) is 14.5 Å². The van der Waals surface area contributed by atoms with E-state index in [9.17, 15) is 14.0 Å². The maximum absolute atomic E-state index is 14.4. The monoisotopic (exact) mass is 384 g/mol. The van der Waals surface area contributed by atoms with Crippen LogP contribution < -0.4 is 10.6 Å². The highest BCUT2D eigenvalue weighted by Crippen LogP contribution is 2.38. The maximum atomic E-state index is 14.4. The van der Waals surface area contributed by atoms with Crippen molar-refractivity contribution in [3.63, 3.8) is 0 Å². The molecule has 2 amide bonds. The van der Waals surface area contributed by atoms with Gasteiger partial charge in [-0.05, 0) is 23.8 Å². The molecule has 27 heavy (non-hydrogen) atoms. The number of thiophene rings is 1. The number of anilines is 1. The molecular formula is C20H17FN2O3S. The molecule has 2 N–H and O–H groups in total. The number of halogens is 1. The first-order valence-corrected chi connectivity index (χ1v) is 9.24. The highest BCUT2D eigenvalue weighted by atomic mass is 32.1. The van der Waals surface area contributed by atoms with E-state index in [0.29, 0.717) is 32.6 Å². The highest BCUT2D eigenvalue weighted by Gasteiger charge is 2.39. The first kappa shape index (κ1) is 17.6. The second kappa shape index (κ2) is 6.75. The van der Waals surface area contributed by atoms with Crippen molar-refractivity contribution in [1.82, 2.24) is 0 Å². The number of hydrogen-bond acceptors (Lipinski definition) is 4. The van der Waals surface area contributed by atoms with Gasteiger partial charge in [-0.1, -0.05) is 24.3 Å². The van der Waals surface area contributed by atoms with Gasteiger partial charge in [-0.15, -0.1) is 11.3 Å². The molecule has 2 aromatic carbocycles. The summed E-state index contributed by atoms with van der Waals surface area (Å²) in [5, 5.41) is 0.385. The molecule has 1 aliphatic heterocycles. The Bertz CT molecular complexity index is 1060. The first-order valence-electron chi connectivity index (χ1n) is 8.42. The minimum Gasteiger partial charge on any atom is -0.380 e. The van der Waals surface area contributed by atoms with Crippen LogP contribution in [-0.2, 0) is 22.6 Å². The Kier molecular flexibility index (Phi) is 4.41. The van der Waals surface area contributed by atoms with Crippen LogP contribution in [0.3, 0.4) is 0 Å². The Morgan fingerprint density at radius 2 is 2.04 bits per heavy atom. The van der Waals surface area contributed by atoms with E-state index in [-0.39, 0.29) is 12.5 Å². The molecule has 0 saturated heterocycles. The predicted octanol–water partition coefficient (Wildman–Crippen LogP) is 3.24. The van der Waals surface area contributed by atoms with Gasteiger partial charge in [-0.2, -0.15) is 0 Å². The maximum Gasteiger partial charge on any atom is 0.269 e. The van der Waals surface area contributed by atoms with Crippen molar-refractivity contribution in [3.05, 3.63) is 64.3 Å². The van der Waals surface area contributed by atoms with Crippen LogP contribution in [0.1, 0.15) is 20.8 Å². The standard InChI is InChI=1S/C20H17FN2O3S/c1-26-10-12-17-13(21)6-4-8-16(17)27-18(12)20(25)23-14-7-3-2-5-11(14)9-15(23)19(22)24/h2-8,15H,9-10H2,1H3,(H2,22,24)/t15-/m0/s1. The van der Waals surface area contributed by atoms with Crippen molar-refractivity contribution in [3.8, 4) is 0 Å². The van der Waals surface area contributed by atoms with Crippen LogP contribution in [0.2, 0.25) is 0 Å². The third kappa shape index (κ3) is 2.79.